The van der Waals surface area contributed by atoms with Crippen molar-refractivity contribution in [1.29, 1.82) is 0 Å². The summed E-state index contributed by atoms with van der Waals surface area (Å²) in [5.41, 5.74) is 2.09. The molecule has 1 aliphatic carbocycles. The Balaban J connectivity index is 2.45. The number of alkyl halides is 1. The minimum atomic E-state index is -1.25. The second kappa shape index (κ2) is 3.32. The van der Waals surface area contributed by atoms with Crippen molar-refractivity contribution in [1.82, 2.24) is 5.43 Å². The van der Waals surface area contributed by atoms with Gasteiger partial charge in [0.05, 0.1) is 5.71 Å². The molecule has 0 aliphatic heterocycles. The molecule has 1 amide bonds. The number of hydrazone groups is 1. The molecule has 5 heteroatoms. The number of nitrogens with zero attached hydrogens (tertiary/aromatic N) is 1. The van der Waals surface area contributed by atoms with Gasteiger partial charge in [-0.2, -0.15) is 5.10 Å². The number of carbonyl (C=O) groups is 1. The summed E-state index contributed by atoms with van der Waals surface area (Å²) in [6.07, 6.45) is -0.540. The fraction of sp³-hybridized carbons (Fsp3) is 0.667. The molecule has 0 spiro atoms. The zero-order valence-electron chi connectivity index (χ0n) is 5.88. The highest BCUT2D eigenvalue weighted by Gasteiger charge is 2.21. The average Bonchev–Trinajstić information content (AvgIpc) is 2.31. The van der Waals surface area contributed by atoms with Crippen LogP contribution in [0.3, 0.4) is 0 Å². The molecule has 2 N–H and O–H groups in total. The van der Waals surface area contributed by atoms with Crippen LogP contribution in [0.4, 0.5) is 9.18 Å². The molecule has 0 heterocycles. The van der Waals surface area contributed by atoms with Crippen LogP contribution in [0.2, 0.25) is 0 Å². The number of hydrogen-bond acceptors (Lipinski definition) is 2. The molecule has 0 saturated heterocycles. The number of rotatable bonds is 1. The Hall–Kier alpha value is -1.13. The van der Waals surface area contributed by atoms with Crippen LogP contribution in [0.25, 0.3) is 0 Å². The van der Waals surface area contributed by atoms with Gasteiger partial charge in [0, 0.05) is 0 Å². The van der Waals surface area contributed by atoms with Crippen LogP contribution in [-0.2, 0) is 0 Å². The van der Waals surface area contributed by atoms with E-state index >= 15 is 0 Å². The summed E-state index contributed by atoms with van der Waals surface area (Å²) >= 11 is 0. The smallest absolute Gasteiger partial charge is 0.425 e. The predicted octanol–water partition coefficient (Wildman–Crippen LogP) is 1.13. The molecule has 0 radical (unpaired) electrons. The van der Waals surface area contributed by atoms with E-state index < -0.39 is 12.3 Å². The Labute approximate surface area is 63.1 Å². The topological polar surface area (TPSA) is 61.7 Å². The second-order valence-corrected chi connectivity index (χ2v) is 2.38. The van der Waals surface area contributed by atoms with Gasteiger partial charge in [-0.15, -0.1) is 0 Å². The summed E-state index contributed by atoms with van der Waals surface area (Å²) in [6.45, 7) is 0. The Morgan fingerprint density at radius 2 is 2.55 bits per heavy atom. The standard InChI is InChI=1S/C6H9FN2O2/c7-4-2-1-3-5(4)8-9-6(10)11/h4,9H,1-3H2,(H,10,11). The van der Waals surface area contributed by atoms with Crippen molar-refractivity contribution in [2.24, 2.45) is 5.10 Å². The lowest BCUT2D eigenvalue weighted by atomic mass is 10.3. The first-order chi connectivity index (χ1) is 5.20. The Bertz CT molecular complexity index is 193. The van der Waals surface area contributed by atoms with Gasteiger partial charge in [0.2, 0.25) is 0 Å². The molecule has 1 unspecified atom stereocenters. The molecule has 1 fully saturated rings. The molecule has 0 aromatic carbocycles. The van der Waals surface area contributed by atoms with E-state index in [0.717, 1.165) is 6.42 Å². The molecular weight excluding hydrogens is 151 g/mol. The number of amides is 1. The molecule has 1 atom stereocenters. The second-order valence-electron chi connectivity index (χ2n) is 2.38. The molecular formula is C6H9FN2O2. The Kier molecular flexibility index (Phi) is 2.40. The van der Waals surface area contributed by atoms with Crippen molar-refractivity contribution >= 4 is 11.8 Å². The zero-order valence-corrected chi connectivity index (χ0v) is 5.88. The van der Waals surface area contributed by atoms with E-state index in [9.17, 15) is 9.18 Å². The van der Waals surface area contributed by atoms with Gasteiger partial charge in [-0.3, -0.25) is 0 Å². The van der Waals surface area contributed by atoms with E-state index in [4.69, 9.17) is 5.11 Å². The van der Waals surface area contributed by atoms with Gasteiger partial charge in [0.15, 0.2) is 0 Å². The first-order valence-corrected chi connectivity index (χ1v) is 3.39. The lowest BCUT2D eigenvalue weighted by Crippen LogP contribution is -2.19. The molecule has 4 nitrogen and oxygen atoms in total. The van der Waals surface area contributed by atoms with Crippen LogP contribution in [0.1, 0.15) is 19.3 Å². The quantitative estimate of drug-likeness (QED) is 0.565. The van der Waals surface area contributed by atoms with Crippen LogP contribution in [0.15, 0.2) is 5.10 Å². The molecule has 11 heavy (non-hydrogen) atoms. The van der Waals surface area contributed by atoms with Crippen molar-refractivity contribution in [3.8, 4) is 0 Å². The molecule has 0 aromatic rings. The maximum atomic E-state index is 12.7. The molecule has 1 aliphatic rings. The third-order valence-electron chi connectivity index (χ3n) is 1.55. The Morgan fingerprint density at radius 3 is 3.00 bits per heavy atom. The number of nitrogens with one attached hydrogen (secondary N) is 1. The summed E-state index contributed by atoms with van der Waals surface area (Å²) in [7, 11) is 0. The van der Waals surface area contributed by atoms with Gasteiger partial charge in [0.25, 0.3) is 0 Å². The van der Waals surface area contributed by atoms with E-state index in [1.807, 2.05) is 0 Å². The van der Waals surface area contributed by atoms with Crippen molar-refractivity contribution in [2.75, 3.05) is 0 Å². The van der Waals surface area contributed by atoms with E-state index in [1.165, 1.54) is 0 Å². The van der Waals surface area contributed by atoms with E-state index in [-0.39, 0.29) is 0 Å². The largest absolute Gasteiger partial charge is 0.464 e. The first-order valence-electron chi connectivity index (χ1n) is 3.39. The molecule has 1 saturated carbocycles. The summed E-state index contributed by atoms with van der Waals surface area (Å²) in [5, 5.41) is 11.5. The SMILES string of the molecule is O=C(O)NN=C1CCCC1F. The Morgan fingerprint density at radius 1 is 1.82 bits per heavy atom. The van der Waals surface area contributed by atoms with E-state index in [0.29, 0.717) is 18.6 Å². The summed E-state index contributed by atoms with van der Waals surface area (Å²) in [5.74, 6) is 0. The number of hydrogen-bond donors (Lipinski definition) is 2. The average molecular weight is 160 g/mol. The fourth-order valence-corrected chi connectivity index (χ4v) is 1.03. The van der Waals surface area contributed by atoms with Crippen LogP contribution in [-0.4, -0.2) is 23.1 Å². The monoisotopic (exact) mass is 160 g/mol. The highest BCUT2D eigenvalue weighted by molar-refractivity contribution is 5.90. The molecule has 62 valence electrons. The lowest BCUT2D eigenvalue weighted by Gasteiger charge is -1.98. The maximum absolute atomic E-state index is 12.7. The van der Waals surface area contributed by atoms with Gasteiger partial charge in [-0.1, -0.05) is 0 Å². The lowest BCUT2D eigenvalue weighted by molar-refractivity contribution is 0.195. The van der Waals surface area contributed by atoms with Gasteiger partial charge in [0.1, 0.15) is 6.17 Å². The van der Waals surface area contributed by atoms with E-state index in [2.05, 4.69) is 5.10 Å². The van der Waals surface area contributed by atoms with E-state index in [1.54, 1.807) is 5.43 Å². The minimum Gasteiger partial charge on any atom is -0.464 e. The normalized spacial score (nSPS) is 27.4. The molecule has 0 bridgehead atoms. The zero-order chi connectivity index (χ0) is 8.27. The fourth-order valence-electron chi connectivity index (χ4n) is 1.03. The van der Waals surface area contributed by atoms with Gasteiger partial charge in [-0.25, -0.2) is 14.6 Å². The van der Waals surface area contributed by atoms with Crippen LogP contribution >= 0.6 is 0 Å². The summed E-state index contributed by atoms with van der Waals surface area (Å²) in [4.78, 5) is 9.92. The first kappa shape index (κ1) is 7.97. The molecule has 1 rings (SSSR count). The van der Waals surface area contributed by atoms with Crippen molar-refractivity contribution in [3.63, 3.8) is 0 Å². The minimum absolute atomic E-state index is 0.312. The predicted molar refractivity (Wildman–Crippen MR) is 37.3 cm³/mol. The summed E-state index contributed by atoms with van der Waals surface area (Å²) < 4.78 is 12.7. The van der Waals surface area contributed by atoms with Crippen molar-refractivity contribution < 1.29 is 14.3 Å². The number of carboxylic acid groups (broad SMARTS) is 1. The van der Waals surface area contributed by atoms with Crippen molar-refractivity contribution in [3.05, 3.63) is 0 Å². The third-order valence-corrected chi connectivity index (χ3v) is 1.55. The van der Waals surface area contributed by atoms with Crippen LogP contribution < -0.4 is 5.43 Å². The van der Waals surface area contributed by atoms with Gasteiger partial charge in [-0.05, 0) is 19.3 Å². The van der Waals surface area contributed by atoms with Gasteiger partial charge < -0.3 is 5.11 Å². The number of halogens is 1. The van der Waals surface area contributed by atoms with Crippen LogP contribution in [0, 0.1) is 0 Å². The highest BCUT2D eigenvalue weighted by atomic mass is 19.1. The third kappa shape index (κ3) is 2.18. The maximum Gasteiger partial charge on any atom is 0.425 e. The van der Waals surface area contributed by atoms with Gasteiger partial charge >= 0.3 is 6.09 Å². The van der Waals surface area contributed by atoms with Crippen LogP contribution in [0.5, 0.6) is 0 Å². The highest BCUT2D eigenvalue weighted by Crippen LogP contribution is 2.18. The summed E-state index contributed by atoms with van der Waals surface area (Å²) in [6, 6.07) is 0. The van der Waals surface area contributed by atoms with Crippen molar-refractivity contribution in [2.45, 2.75) is 25.4 Å². The molecule has 0 aromatic heterocycles.